The number of aromatic nitrogens is 8. The molecule has 7 rings (SSSR count). The Morgan fingerprint density at radius 3 is 2.20 bits per heavy atom. The summed E-state index contributed by atoms with van der Waals surface area (Å²) in [6.07, 6.45) is -4.86. The van der Waals surface area contributed by atoms with E-state index in [9.17, 15) is 14.0 Å². The standard InChI is InChI=1S/C22H26F2N10O8P2S/c23-10-2-12-9(1-11(10)33-7-31-15-18(25)27-5-29-20(15)33)3-38-43(35,36)42-17-13(4-39-44(37,45)41-12)40-22(14(17)24)34-8-32-16-19(26)28-6-30-21(16)34/h5-14,17,22H,1-4H2,(H,35,36)(H,37,45)(H2,25,27,29)(H2,26,28,30)/t9-,10?,11-,12?,13-,14+,17+,22-,44?/m1/s1. The molecular weight excluding hydrogens is 664 g/mol. The summed E-state index contributed by atoms with van der Waals surface area (Å²) in [6, 6.07) is -0.892. The summed E-state index contributed by atoms with van der Waals surface area (Å²) >= 11 is 4.06. The molecule has 10 atom stereocenters. The van der Waals surface area contributed by atoms with Crippen LogP contribution in [0.5, 0.6) is 0 Å². The highest BCUT2D eigenvalue weighted by Gasteiger charge is 2.52. The molecule has 4 aromatic heterocycles. The number of rotatable bonds is 2. The highest BCUT2D eigenvalue weighted by molar-refractivity contribution is 8.44. The van der Waals surface area contributed by atoms with Gasteiger partial charge in [0.1, 0.15) is 42.1 Å². The highest BCUT2D eigenvalue weighted by Crippen LogP contribution is 2.59. The lowest BCUT2D eigenvalue weighted by Crippen LogP contribution is -2.41. The maximum absolute atomic E-state index is 16.0. The largest absolute Gasteiger partial charge is 0.472 e. The van der Waals surface area contributed by atoms with Crippen molar-refractivity contribution in [2.45, 2.75) is 55.8 Å². The topological polar surface area (TPSA) is 240 Å². The van der Waals surface area contributed by atoms with Crippen LogP contribution in [0.25, 0.3) is 22.3 Å². The Hall–Kier alpha value is -2.87. The summed E-state index contributed by atoms with van der Waals surface area (Å²) in [5, 5.41) is 0. The van der Waals surface area contributed by atoms with E-state index in [2.05, 4.69) is 42.2 Å². The predicted molar refractivity (Wildman–Crippen MR) is 153 cm³/mol. The molecule has 2 saturated heterocycles. The van der Waals surface area contributed by atoms with Crippen LogP contribution < -0.4 is 11.5 Å². The number of imidazole rings is 2. The second-order valence-electron chi connectivity index (χ2n) is 10.7. The van der Waals surface area contributed by atoms with E-state index in [1.54, 1.807) is 0 Å². The Morgan fingerprint density at radius 2 is 1.51 bits per heavy atom. The quantitative estimate of drug-likeness (QED) is 0.174. The number of ether oxygens (including phenoxy) is 1. The van der Waals surface area contributed by atoms with E-state index in [-0.39, 0.29) is 46.8 Å². The van der Waals surface area contributed by atoms with Crippen molar-refractivity contribution in [3.63, 3.8) is 0 Å². The van der Waals surface area contributed by atoms with Crippen LogP contribution >= 0.6 is 26.9 Å². The summed E-state index contributed by atoms with van der Waals surface area (Å²) in [5.74, 6) is -0.691. The molecule has 0 amide bonds. The van der Waals surface area contributed by atoms with Crippen molar-refractivity contribution in [1.82, 2.24) is 39.0 Å². The first-order chi connectivity index (χ1) is 21.4. The molecule has 3 fully saturated rings. The monoisotopic (exact) mass is 690 g/mol. The molecule has 23 heteroatoms. The number of halogens is 2. The number of anilines is 2. The number of nitrogens with zero attached hydrogens (tertiary/aromatic N) is 8. The summed E-state index contributed by atoms with van der Waals surface area (Å²) < 4.78 is 88.3. The zero-order valence-electron chi connectivity index (χ0n) is 22.9. The number of fused-ring (bicyclic) bond motifs is 4. The maximum atomic E-state index is 16.0. The average Bonchev–Trinajstić information content (AvgIpc) is 3.68. The van der Waals surface area contributed by atoms with Gasteiger partial charge in [0.2, 0.25) is 0 Å². The molecule has 3 aliphatic rings. The van der Waals surface area contributed by atoms with Crippen LogP contribution in [0.2, 0.25) is 0 Å². The molecule has 0 radical (unpaired) electrons. The van der Waals surface area contributed by atoms with Crippen LogP contribution in [0.1, 0.15) is 25.1 Å². The lowest BCUT2D eigenvalue weighted by Gasteiger charge is -2.39. The minimum absolute atomic E-state index is 0.0394. The van der Waals surface area contributed by atoms with Gasteiger partial charge in [0.25, 0.3) is 0 Å². The molecule has 2 aliphatic heterocycles. The first-order valence-corrected chi connectivity index (χ1v) is 17.7. The summed E-state index contributed by atoms with van der Waals surface area (Å²) in [6.45, 7) is -5.41. The van der Waals surface area contributed by atoms with E-state index in [0.717, 1.165) is 6.33 Å². The molecule has 1 aliphatic carbocycles. The van der Waals surface area contributed by atoms with Gasteiger partial charge in [-0.1, -0.05) is 12.2 Å². The van der Waals surface area contributed by atoms with E-state index in [1.165, 1.54) is 28.1 Å². The fourth-order valence-corrected chi connectivity index (χ4v) is 8.42. The van der Waals surface area contributed by atoms with Crippen LogP contribution in [0.4, 0.5) is 20.4 Å². The Balaban J connectivity index is 1.16. The molecule has 4 aromatic rings. The normalized spacial score (nSPS) is 38.0. The number of nitrogens with two attached hydrogens (primary N) is 2. The Bertz CT molecular complexity index is 1850. The second-order valence-corrected chi connectivity index (χ2v) is 15.0. The Morgan fingerprint density at radius 1 is 0.867 bits per heavy atom. The van der Waals surface area contributed by atoms with Crippen LogP contribution in [-0.4, -0.2) is 87.8 Å². The molecule has 1 saturated carbocycles. The number of thiol groups is 1. The number of nitrogen functional groups attached to an aromatic ring is 2. The molecule has 45 heavy (non-hydrogen) atoms. The molecular formula is C22H26F2N10O8P2S. The zero-order valence-corrected chi connectivity index (χ0v) is 25.6. The fraction of sp³-hybridized carbons (Fsp3) is 0.545. The number of hydrogen-bond donors (Lipinski definition) is 4. The number of hydrogen-bond acceptors (Lipinski definition) is 15. The van der Waals surface area contributed by atoms with Crippen LogP contribution in [-0.2, 0) is 32.0 Å². The van der Waals surface area contributed by atoms with Gasteiger partial charge in [0.15, 0.2) is 35.3 Å². The van der Waals surface area contributed by atoms with Gasteiger partial charge in [-0.15, -0.1) is 0 Å². The van der Waals surface area contributed by atoms with E-state index in [1.807, 2.05) is 0 Å². The van der Waals surface area contributed by atoms with Crippen molar-refractivity contribution in [1.29, 1.82) is 0 Å². The van der Waals surface area contributed by atoms with Gasteiger partial charge in [-0.2, -0.15) is 0 Å². The molecule has 5 N–H and O–H groups in total. The van der Waals surface area contributed by atoms with Crippen molar-refractivity contribution in [2.75, 3.05) is 24.7 Å². The van der Waals surface area contributed by atoms with E-state index >= 15 is 8.78 Å². The summed E-state index contributed by atoms with van der Waals surface area (Å²) in [4.78, 5) is 34.9. The van der Waals surface area contributed by atoms with E-state index < -0.39 is 76.7 Å². The minimum atomic E-state index is -4.98. The molecule has 0 bridgehead atoms. The maximum Gasteiger partial charge on any atom is 0.472 e. The number of alkyl halides is 2. The highest BCUT2D eigenvalue weighted by atomic mass is 32.7. The van der Waals surface area contributed by atoms with Gasteiger partial charge < -0.3 is 25.7 Å². The first-order valence-electron chi connectivity index (χ1n) is 13.5. The molecule has 242 valence electrons. The lowest BCUT2D eigenvalue weighted by atomic mass is 9.82. The van der Waals surface area contributed by atoms with E-state index in [4.69, 9.17) is 34.3 Å². The molecule has 0 aromatic carbocycles. The third kappa shape index (κ3) is 5.70. The molecule has 4 unspecified atom stereocenters. The minimum Gasteiger partial charge on any atom is -0.382 e. The number of phosphoric acid groups is 1. The van der Waals surface area contributed by atoms with Crippen molar-refractivity contribution < 1.29 is 45.6 Å². The fourth-order valence-electron chi connectivity index (χ4n) is 5.86. The molecule has 6 heterocycles. The van der Waals surface area contributed by atoms with Gasteiger partial charge in [-0.25, -0.2) is 47.8 Å². The second kappa shape index (κ2) is 11.4. The van der Waals surface area contributed by atoms with Crippen molar-refractivity contribution in [2.24, 2.45) is 5.92 Å². The third-order valence-electron chi connectivity index (χ3n) is 7.99. The van der Waals surface area contributed by atoms with Crippen molar-refractivity contribution in [3.8, 4) is 0 Å². The lowest BCUT2D eigenvalue weighted by molar-refractivity contribution is -0.0540. The SMILES string of the molecule is Nc1ncnc2c1ncn2[C@@H]1C[C@@H]2COP(=O)(O)O[C@@H]3[C@H](F)[C@H](n4cnc5c(N)ncnc54)O[C@@H]3COP(=O)(S)OC2CC1F. The average molecular weight is 691 g/mol. The van der Waals surface area contributed by atoms with Crippen LogP contribution in [0, 0.1) is 5.92 Å². The van der Waals surface area contributed by atoms with Gasteiger partial charge in [-0.3, -0.25) is 22.7 Å². The van der Waals surface area contributed by atoms with Crippen molar-refractivity contribution >= 4 is 60.8 Å². The van der Waals surface area contributed by atoms with Crippen LogP contribution in [0.15, 0.2) is 25.3 Å². The van der Waals surface area contributed by atoms with Gasteiger partial charge in [0, 0.05) is 12.3 Å². The zero-order chi connectivity index (χ0) is 31.7. The third-order valence-corrected chi connectivity index (χ3v) is 10.6. The van der Waals surface area contributed by atoms with Gasteiger partial charge in [-0.05, 0) is 6.42 Å². The smallest absolute Gasteiger partial charge is 0.382 e. The number of phosphoric ester groups is 1. The first kappa shape index (κ1) is 30.8. The summed E-state index contributed by atoms with van der Waals surface area (Å²) in [5.41, 5.74) is 12.5. The molecule has 18 nitrogen and oxygen atoms in total. The van der Waals surface area contributed by atoms with Crippen molar-refractivity contribution in [3.05, 3.63) is 25.3 Å². The van der Waals surface area contributed by atoms with Gasteiger partial charge in [0.05, 0.1) is 38.0 Å². The molecule has 0 spiro atoms. The predicted octanol–water partition coefficient (Wildman–Crippen LogP) is 2.31. The van der Waals surface area contributed by atoms with Gasteiger partial charge >= 0.3 is 14.6 Å². The Labute approximate surface area is 257 Å². The van der Waals surface area contributed by atoms with Crippen LogP contribution in [0.3, 0.4) is 0 Å². The summed E-state index contributed by atoms with van der Waals surface area (Å²) in [7, 11) is -4.98. The van der Waals surface area contributed by atoms with E-state index in [0.29, 0.717) is 0 Å². The Kier molecular flexibility index (Phi) is 7.81.